The first-order valence-electron chi connectivity index (χ1n) is 5.82. The van der Waals surface area contributed by atoms with Gasteiger partial charge in [0.25, 0.3) is 0 Å². The van der Waals surface area contributed by atoms with Gasteiger partial charge in [-0.15, -0.1) is 0 Å². The van der Waals surface area contributed by atoms with E-state index < -0.39 is 5.82 Å². The maximum absolute atomic E-state index is 13.3. The summed E-state index contributed by atoms with van der Waals surface area (Å²) >= 11 is 5.65. The molecule has 0 saturated heterocycles. The van der Waals surface area contributed by atoms with Crippen LogP contribution in [0.15, 0.2) is 42.5 Å². The van der Waals surface area contributed by atoms with Gasteiger partial charge in [-0.2, -0.15) is 0 Å². The van der Waals surface area contributed by atoms with Gasteiger partial charge in [0, 0.05) is 6.04 Å². The number of nitrogens with two attached hydrogens (primary N) is 1. The summed E-state index contributed by atoms with van der Waals surface area (Å²) in [6.07, 6.45) is 0.595. The Morgan fingerprint density at radius 1 is 1.22 bits per heavy atom. The Hall–Kier alpha value is -1.38. The molecular formula is C15H15ClFN. The summed E-state index contributed by atoms with van der Waals surface area (Å²) in [7, 11) is 0. The van der Waals surface area contributed by atoms with Gasteiger partial charge in [0.15, 0.2) is 0 Å². The molecule has 2 rings (SSSR count). The third-order valence-corrected chi connectivity index (χ3v) is 3.22. The second-order valence-corrected chi connectivity index (χ2v) is 4.88. The molecule has 0 spiro atoms. The van der Waals surface area contributed by atoms with Crippen molar-refractivity contribution < 1.29 is 4.39 Å². The van der Waals surface area contributed by atoms with Crippen molar-refractivity contribution in [2.75, 3.05) is 0 Å². The van der Waals surface area contributed by atoms with Gasteiger partial charge in [-0.1, -0.05) is 47.5 Å². The Morgan fingerprint density at radius 3 is 2.67 bits per heavy atom. The topological polar surface area (TPSA) is 26.0 Å². The normalized spacial score (nSPS) is 12.4. The van der Waals surface area contributed by atoms with Crippen molar-refractivity contribution in [1.82, 2.24) is 0 Å². The molecule has 18 heavy (non-hydrogen) atoms. The van der Waals surface area contributed by atoms with Gasteiger partial charge in [0.1, 0.15) is 5.82 Å². The molecule has 0 amide bonds. The molecule has 1 unspecified atom stereocenters. The number of hydrogen-bond acceptors (Lipinski definition) is 1. The van der Waals surface area contributed by atoms with Gasteiger partial charge < -0.3 is 5.73 Å². The highest BCUT2D eigenvalue weighted by Crippen LogP contribution is 2.20. The molecule has 0 radical (unpaired) electrons. The van der Waals surface area contributed by atoms with Crippen LogP contribution in [0.1, 0.15) is 22.7 Å². The molecule has 94 valence electrons. The smallest absolute Gasteiger partial charge is 0.142 e. The molecule has 0 heterocycles. The van der Waals surface area contributed by atoms with Gasteiger partial charge >= 0.3 is 0 Å². The highest BCUT2D eigenvalue weighted by molar-refractivity contribution is 6.30. The van der Waals surface area contributed by atoms with Gasteiger partial charge in [-0.25, -0.2) is 4.39 Å². The fraction of sp³-hybridized carbons (Fsp3) is 0.200. The average molecular weight is 264 g/mol. The SMILES string of the molecule is Cc1cccc(C(N)Cc2ccc(Cl)c(F)c2)c1. The minimum Gasteiger partial charge on any atom is -0.324 e. The molecule has 0 aliphatic heterocycles. The summed E-state index contributed by atoms with van der Waals surface area (Å²) < 4.78 is 13.3. The van der Waals surface area contributed by atoms with E-state index in [0.29, 0.717) is 6.42 Å². The Kier molecular flexibility index (Phi) is 4.00. The van der Waals surface area contributed by atoms with Crippen LogP contribution in [0.25, 0.3) is 0 Å². The zero-order valence-corrected chi connectivity index (χ0v) is 10.9. The maximum atomic E-state index is 13.3. The highest BCUT2D eigenvalue weighted by atomic mass is 35.5. The second-order valence-electron chi connectivity index (χ2n) is 4.47. The molecule has 0 saturated carbocycles. The van der Waals surface area contributed by atoms with Crippen LogP contribution in [0.4, 0.5) is 4.39 Å². The van der Waals surface area contributed by atoms with E-state index in [-0.39, 0.29) is 11.1 Å². The highest BCUT2D eigenvalue weighted by Gasteiger charge is 2.09. The van der Waals surface area contributed by atoms with Crippen molar-refractivity contribution in [2.45, 2.75) is 19.4 Å². The van der Waals surface area contributed by atoms with Crippen LogP contribution in [0.2, 0.25) is 5.02 Å². The lowest BCUT2D eigenvalue weighted by Gasteiger charge is -2.13. The molecule has 0 aromatic heterocycles. The number of hydrogen-bond donors (Lipinski definition) is 1. The van der Waals surface area contributed by atoms with E-state index in [1.54, 1.807) is 12.1 Å². The molecule has 2 aromatic carbocycles. The number of halogens is 2. The second kappa shape index (κ2) is 5.51. The zero-order valence-electron chi connectivity index (χ0n) is 10.2. The molecule has 3 heteroatoms. The Balaban J connectivity index is 2.16. The van der Waals surface area contributed by atoms with E-state index in [2.05, 4.69) is 6.07 Å². The third-order valence-electron chi connectivity index (χ3n) is 2.91. The fourth-order valence-electron chi connectivity index (χ4n) is 1.94. The third kappa shape index (κ3) is 3.09. The fourth-order valence-corrected chi connectivity index (χ4v) is 2.06. The molecule has 1 nitrogen and oxygen atoms in total. The molecule has 1 atom stereocenters. The Morgan fingerprint density at radius 2 is 2.00 bits per heavy atom. The van der Waals surface area contributed by atoms with Gasteiger partial charge in [-0.05, 0) is 36.6 Å². The number of rotatable bonds is 3. The lowest BCUT2D eigenvalue weighted by atomic mass is 9.98. The largest absolute Gasteiger partial charge is 0.324 e. The van der Waals surface area contributed by atoms with Crippen LogP contribution in [0, 0.1) is 12.7 Å². The van der Waals surface area contributed by atoms with Crippen molar-refractivity contribution >= 4 is 11.6 Å². The van der Waals surface area contributed by atoms with Crippen molar-refractivity contribution in [3.05, 3.63) is 70.0 Å². The van der Waals surface area contributed by atoms with Crippen LogP contribution < -0.4 is 5.73 Å². The first-order valence-corrected chi connectivity index (χ1v) is 6.20. The van der Waals surface area contributed by atoms with Crippen molar-refractivity contribution in [1.29, 1.82) is 0 Å². The van der Waals surface area contributed by atoms with E-state index in [9.17, 15) is 4.39 Å². The lowest BCUT2D eigenvalue weighted by Crippen LogP contribution is -2.13. The Labute approximate surface area is 111 Å². The van der Waals surface area contributed by atoms with Gasteiger partial charge in [0.05, 0.1) is 5.02 Å². The van der Waals surface area contributed by atoms with E-state index in [1.165, 1.54) is 11.6 Å². The van der Waals surface area contributed by atoms with Gasteiger partial charge in [0.2, 0.25) is 0 Å². The van der Waals surface area contributed by atoms with Gasteiger partial charge in [-0.3, -0.25) is 0 Å². The van der Waals surface area contributed by atoms with E-state index in [0.717, 1.165) is 11.1 Å². The first kappa shape index (κ1) is 13.1. The van der Waals surface area contributed by atoms with Crippen LogP contribution in [0.3, 0.4) is 0 Å². The average Bonchev–Trinajstić information content (AvgIpc) is 2.34. The van der Waals surface area contributed by atoms with Crippen LogP contribution in [-0.4, -0.2) is 0 Å². The molecule has 0 aliphatic carbocycles. The van der Waals surface area contributed by atoms with E-state index >= 15 is 0 Å². The van der Waals surface area contributed by atoms with E-state index in [1.807, 2.05) is 25.1 Å². The van der Waals surface area contributed by atoms with Crippen LogP contribution in [-0.2, 0) is 6.42 Å². The standard InChI is InChI=1S/C15H15ClFN/c1-10-3-2-4-12(7-10)15(18)9-11-5-6-13(16)14(17)8-11/h2-8,15H,9,18H2,1H3. The maximum Gasteiger partial charge on any atom is 0.142 e. The van der Waals surface area contributed by atoms with Crippen molar-refractivity contribution in [2.24, 2.45) is 5.73 Å². The molecular weight excluding hydrogens is 249 g/mol. The summed E-state index contributed by atoms with van der Waals surface area (Å²) in [5, 5.41) is 0.142. The predicted molar refractivity (Wildman–Crippen MR) is 73.2 cm³/mol. The molecule has 2 N–H and O–H groups in total. The van der Waals surface area contributed by atoms with Crippen molar-refractivity contribution in [3.63, 3.8) is 0 Å². The minimum atomic E-state index is -0.398. The summed E-state index contributed by atoms with van der Waals surface area (Å²) in [5.41, 5.74) is 9.21. The molecule has 0 fully saturated rings. The van der Waals surface area contributed by atoms with E-state index in [4.69, 9.17) is 17.3 Å². The minimum absolute atomic E-state index is 0.134. The predicted octanol–water partition coefficient (Wildman–Crippen LogP) is 4.03. The summed E-state index contributed by atoms with van der Waals surface area (Å²) in [5.74, 6) is -0.398. The van der Waals surface area contributed by atoms with Crippen molar-refractivity contribution in [3.8, 4) is 0 Å². The summed E-state index contributed by atoms with van der Waals surface area (Å²) in [6, 6.07) is 12.7. The number of benzene rings is 2. The first-order chi connectivity index (χ1) is 8.56. The quantitative estimate of drug-likeness (QED) is 0.889. The molecule has 0 aliphatic rings. The van der Waals surface area contributed by atoms with Crippen LogP contribution in [0.5, 0.6) is 0 Å². The lowest BCUT2D eigenvalue weighted by molar-refractivity contribution is 0.622. The summed E-state index contributed by atoms with van der Waals surface area (Å²) in [6.45, 7) is 2.03. The summed E-state index contributed by atoms with van der Waals surface area (Å²) in [4.78, 5) is 0. The van der Waals surface area contributed by atoms with Crippen LogP contribution >= 0.6 is 11.6 Å². The molecule has 2 aromatic rings. The molecule has 0 bridgehead atoms. The Bertz CT molecular complexity index is 554. The monoisotopic (exact) mass is 263 g/mol. The number of aryl methyl sites for hydroxylation is 1. The zero-order chi connectivity index (χ0) is 13.1.